The first kappa shape index (κ1) is 45.1. The van der Waals surface area contributed by atoms with Gasteiger partial charge in [0.1, 0.15) is 35.4 Å². The van der Waals surface area contributed by atoms with Gasteiger partial charge in [-0.1, -0.05) is 54.6 Å². The molecule has 0 spiro atoms. The number of hydrogen-bond acceptors (Lipinski definition) is 12. The van der Waals surface area contributed by atoms with Crippen molar-refractivity contribution in [1.29, 1.82) is 5.26 Å². The fraction of sp³-hybridized carbons (Fsp3) is 0.452. The zero-order valence-corrected chi connectivity index (χ0v) is 34.6. The van der Waals surface area contributed by atoms with E-state index in [1.54, 1.807) is 21.3 Å². The third-order valence-corrected chi connectivity index (χ3v) is 11.4. The molecule has 0 bridgehead atoms. The maximum Gasteiger partial charge on any atom is 0.259 e. The van der Waals surface area contributed by atoms with E-state index in [-0.39, 0.29) is 50.7 Å². The highest BCUT2D eigenvalue weighted by molar-refractivity contribution is 7.44. The predicted octanol–water partition coefficient (Wildman–Crippen LogP) is 5.51. The Morgan fingerprint density at radius 1 is 0.912 bits per heavy atom. The average Bonchev–Trinajstić information content (AvgIpc) is 3.53. The van der Waals surface area contributed by atoms with Gasteiger partial charge in [-0.05, 0) is 68.7 Å². The van der Waals surface area contributed by atoms with Crippen molar-refractivity contribution in [3.8, 4) is 17.6 Å². The smallest absolute Gasteiger partial charge is 0.259 e. The molecule has 57 heavy (non-hydrogen) atoms. The fourth-order valence-corrected chi connectivity index (χ4v) is 8.39. The number of rotatable bonds is 23. The maximum absolute atomic E-state index is 12.3. The lowest BCUT2D eigenvalue weighted by Crippen LogP contribution is -2.45. The van der Waals surface area contributed by atoms with Crippen LogP contribution in [0.5, 0.6) is 11.5 Å². The number of amides is 2. The minimum absolute atomic E-state index is 0.00568. The highest BCUT2D eigenvalue weighted by atomic mass is 31.2. The molecule has 1 aliphatic rings. The lowest BCUT2D eigenvalue weighted by molar-refractivity contribution is -0.123. The van der Waals surface area contributed by atoms with Crippen molar-refractivity contribution in [2.24, 2.45) is 5.73 Å². The minimum atomic E-state index is -1.79. The molecule has 0 aromatic heterocycles. The summed E-state index contributed by atoms with van der Waals surface area (Å²) < 4.78 is 46.9. The third kappa shape index (κ3) is 12.0. The monoisotopic (exact) mass is 805 g/mol. The number of nitrogens with zero attached hydrogens (tertiary/aromatic N) is 2. The molecule has 1 heterocycles. The van der Waals surface area contributed by atoms with E-state index in [1.165, 1.54) is 12.3 Å². The summed E-state index contributed by atoms with van der Waals surface area (Å²) in [6.07, 6.45) is -0.547. The first-order valence-corrected chi connectivity index (χ1v) is 20.0. The molecule has 4 rings (SSSR count). The predicted molar refractivity (Wildman–Crippen MR) is 217 cm³/mol. The van der Waals surface area contributed by atoms with Crippen LogP contribution >= 0.6 is 8.53 Å². The van der Waals surface area contributed by atoms with Gasteiger partial charge in [0.15, 0.2) is 6.23 Å². The van der Waals surface area contributed by atoms with Crippen LogP contribution in [0.15, 0.2) is 91.1 Å². The van der Waals surface area contributed by atoms with E-state index in [0.717, 1.165) is 16.7 Å². The standard InChI is InChI=1S/C42H56N5O9P/c1-29(2)47(30(3)4)57(54-26-11-24-43)56-39-36(55-41(46-25-22-37(44)48)40(39)52-27-23-38(49)45-5)28-53-42(31-12-9-8-10-13-31,32-14-18-34(50-6)19-15-32)33-16-20-35(51-7)21-17-33/h8-10,12-22,25,29-30,36,39-41,46H,11,23,26-28H2,1-7H3,(H2,44,48)(H,45,49)/b25-22-/t36-,39?,40?,41-,57?/m1/s1. The van der Waals surface area contributed by atoms with Gasteiger partial charge in [0, 0.05) is 37.8 Å². The second-order valence-electron chi connectivity index (χ2n) is 13.7. The summed E-state index contributed by atoms with van der Waals surface area (Å²) in [6.45, 7) is 8.34. The Kier molecular flexibility index (Phi) is 17.7. The Bertz CT molecular complexity index is 1700. The number of benzene rings is 3. The SMILES string of the molecule is CNC(=O)CCOC1C(OP(OCCC#N)N(C(C)C)C(C)C)[C@@H](COC(c2ccccc2)(c2ccc(OC)cc2)c2ccc(OC)cc2)O[C@H]1N/C=C\C(N)=O. The summed E-state index contributed by atoms with van der Waals surface area (Å²) >= 11 is 0. The molecule has 0 radical (unpaired) electrons. The second kappa shape index (κ2) is 22.4. The van der Waals surface area contributed by atoms with Gasteiger partial charge in [-0.15, -0.1) is 0 Å². The minimum Gasteiger partial charge on any atom is -0.497 e. The quantitative estimate of drug-likeness (QED) is 0.0475. The van der Waals surface area contributed by atoms with E-state index in [9.17, 15) is 14.9 Å². The molecule has 1 aliphatic heterocycles. The highest BCUT2D eigenvalue weighted by Gasteiger charge is 2.50. The van der Waals surface area contributed by atoms with Crippen LogP contribution in [0, 0.1) is 11.3 Å². The average molecular weight is 806 g/mol. The zero-order valence-electron chi connectivity index (χ0n) is 33.8. The summed E-state index contributed by atoms with van der Waals surface area (Å²) in [5, 5.41) is 15.1. The molecule has 3 unspecified atom stereocenters. The summed E-state index contributed by atoms with van der Waals surface area (Å²) in [6, 6.07) is 27.4. The lowest BCUT2D eigenvalue weighted by atomic mass is 9.80. The summed E-state index contributed by atoms with van der Waals surface area (Å²) in [5.41, 5.74) is 6.73. The van der Waals surface area contributed by atoms with Crippen LogP contribution in [0.1, 0.15) is 57.2 Å². The Morgan fingerprint density at radius 3 is 2.00 bits per heavy atom. The number of nitrogens with one attached hydrogen (secondary N) is 2. The Labute approximate surface area is 337 Å². The molecule has 5 atom stereocenters. The molecule has 15 heteroatoms. The first-order chi connectivity index (χ1) is 27.5. The lowest BCUT2D eigenvalue weighted by Gasteiger charge is -2.39. The van der Waals surface area contributed by atoms with Crippen LogP contribution in [0.4, 0.5) is 0 Å². The van der Waals surface area contributed by atoms with Gasteiger partial charge in [0.2, 0.25) is 11.8 Å². The zero-order chi connectivity index (χ0) is 41.4. The van der Waals surface area contributed by atoms with Crippen LogP contribution in [0.25, 0.3) is 0 Å². The van der Waals surface area contributed by atoms with Crippen LogP contribution in [-0.4, -0.2) is 94.2 Å². The normalized spacial score (nSPS) is 18.8. The van der Waals surface area contributed by atoms with Gasteiger partial charge in [0.25, 0.3) is 8.53 Å². The van der Waals surface area contributed by atoms with Crippen LogP contribution in [-0.2, 0) is 38.4 Å². The summed E-state index contributed by atoms with van der Waals surface area (Å²) in [5.74, 6) is 0.504. The van der Waals surface area contributed by atoms with Crippen LogP contribution < -0.4 is 25.8 Å². The van der Waals surface area contributed by atoms with Crippen LogP contribution in [0.2, 0.25) is 0 Å². The number of methoxy groups -OCH3 is 2. The Morgan fingerprint density at radius 2 is 1.49 bits per heavy atom. The van der Waals surface area contributed by atoms with Gasteiger partial charge in [-0.3, -0.25) is 9.59 Å². The van der Waals surface area contributed by atoms with Crippen molar-refractivity contribution in [2.75, 3.05) is 41.1 Å². The number of carbonyl (C=O) groups is 2. The molecule has 4 N–H and O–H groups in total. The summed E-state index contributed by atoms with van der Waals surface area (Å²) in [7, 11) is 3.00. The Hall–Kier alpha value is -4.58. The van der Waals surface area contributed by atoms with Crippen LogP contribution in [0.3, 0.4) is 0 Å². The van der Waals surface area contributed by atoms with Crippen molar-refractivity contribution in [2.45, 2.75) is 82.8 Å². The highest BCUT2D eigenvalue weighted by Crippen LogP contribution is 2.50. The molecule has 1 saturated heterocycles. The molecular weight excluding hydrogens is 749 g/mol. The van der Waals surface area contributed by atoms with Gasteiger partial charge in [0.05, 0.1) is 46.5 Å². The molecule has 1 fully saturated rings. The van der Waals surface area contributed by atoms with Gasteiger partial charge in [-0.2, -0.15) is 5.26 Å². The number of ether oxygens (including phenoxy) is 5. The van der Waals surface area contributed by atoms with Crippen molar-refractivity contribution < 1.29 is 42.3 Å². The first-order valence-electron chi connectivity index (χ1n) is 18.9. The van der Waals surface area contributed by atoms with Gasteiger partial charge >= 0.3 is 0 Å². The second-order valence-corrected chi connectivity index (χ2v) is 15.1. The van der Waals surface area contributed by atoms with Crippen molar-refractivity contribution in [3.63, 3.8) is 0 Å². The number of nitriles is 1. The molecule has 2 amide bonds. The van der Waals surface area contributed by atoms with Crippen molar-refractivity contribution >= 4 is 20.3 Å². The number of carbonyl (C=O) groups excluding carboxylic acids is 2. The van der Waals surface area contributed by atoms with Crippen molar-refractivity contribution in [1.82, 2.24) is 15.3 Å². The molecule has 308 valence electrons. The number of hydrogen-bond donors (Lipinski definition) is 3. The summed E-state index contributed by atoms with van der Waals surface area (Å²) in [4.78, 5) is 24.0. The maximum atomic E-state index is 12.3. The fourth-order valence-electron chi connectivity index (χ4n) is 6.62. The van der Waals surface area contributed by atoms with E-state index in [2.05, 4.69) is 21.4 Å². The number of nitrogens with two attached hydrogens (primary N) is 1. The van der Waals surface area contributed by atoms with E-state index in [0.29, 0.717) is 11.5 Å². The number of primary amides is 1. The van der Waals surface area contributed by atoms with Gasteiger partial charge in [-0.25, -0.2) is 4.67 Å². The largest absolute Gasteiger partial charge is 0.497 e. The molecule has 0 saturated carbocycles. The topological polar surface area (TPSA) is 176 Å². The molecule has 14 nitrogen and oxygen atoms in total. The van der Waals surface area contributed by atoms with E-state index < -0.39 is 44.6 Å². The molecule has 3 aromatic carbocycles. The van der Waals surface area contributed by atoms with E-state index in [4.69, 9.17) is 38.5 Å². The molecule has 0 aliphatic carbocycles. The van der Waals surface area contributed by atoms with Gasteiger partial charge < -0.3 is 49.1 Å². The van der Waals surface area contributed by atoms with E-state index >= 15 is 0 Å². The Balaban J connectivity index is 1.87. The molecular formula is C42H56N5O9P. The van der Waals surface area contributed by atoms with Crippen molar-refractivity contribution in [3.05, 3.63) is 108 Å². The van der Waals surface area contributed by atoms with E-state index in [1.807, 2.05) is 107 Å². The molecule has 3 aromatic rings. The third-order valence-electron chi connectivity index (χ3n) is 9.25.